The zero-order valence-electron chi connectivity index (χ0n) is 13.4. The second-order valence-corrected chi connectivity index (χ2v) is 4.99. The highest BCUT2D eigenvalue weighted by Gasteiger charge is 2.10. The van der Waals surface area contributed by atoms with E-state index in [2.05, 4.69) is 22.2 Å². The Morgan fingerprint density at radius 2 is 1.75 bits per heavy atom. The van der Waals surface area contributed by atoms with Crippen molar-refractivity contribution < 1.29 is 14.3 Å². The van der Waals surface area contributed by atoms with Gasteiger partial charge in [-0.2, -0.15) is 0 Å². The van der Waals surface area contributed by atoms with Crippen LogP contribution in [0.1, 0.15) is 26.3 Å². The molecule has 2 aromatic rings. The van der Waals surface area contributed by atoms with Gasteiger partial charge < -0.3 is 15.4 Å². The minimum Gasteiger partial charge on any atom is -0.497 e. The van der Waals surface area contributed by atoms with E-state index in [4.69, 9.17) is 4.74 Å². The van der Waals surface area contributed by atoms with Crippen LogP contribution in [-0.4, -0.2) is 30.5 Å². The molecule has 1 heterocycles. The summed E-state index contributed by atoms with van der Waals surface area (Å²) in [5, 5.41) is 5.44. The fraction of sp³-hybridized carbons (Fsp3) is 0.167. The quantitative estimate of drug-likeness (QED) is 0.762. The Balaban J connectivity index is 1.98. The number of aromatic nitrogens is 1. The van der Waals surface area contributed by atoms with Crippen LogP contribution in [0.25, 0.3) is 0 Å². The van der Waals surface area contributed by atoms with Crippen LogP contribution in [0.15, 0.2) is 55.4 Å². The van der Waals surface area contributed by atoms with Crippen molar-refractivity contribution in [1.82, 2.24) is 15.6 Å². The third-order valence-corrected chi connectivity index (χ3v) is 3.28. The molecule has 2 rings (SSSR count). The highest BCUT2D eigenvalue weighted by Crippen LogP contribution is 2.11. The molecular formula is C18H19N3O3. The van der Waals surface area contributed by atoms with Gasteiger partial charge in [-0.05, 0) is 23.8 Å². The molecule has 2 N–H and O–H groups in total. The number of rotatable bonds is 7. The van der Waals surface area contributed by atoms with Gasteiger partial charge in [-0.3, -0.25) is 14.6 Å². The second kappa shape index (κ2) is 8.47. The van der Waals surface area contributed by atoms with Crippen LogP contribution in [0.4, 0.5) is 0 Å². The molecule has 0 saturated carbocycles. The van der Waals surface area contributed by atoms with Crippen molar-refractivity contribution in [2.24, 2.45) is 0 Å². The van der Waals surface area contributed by atoms with Crippen molar-refractivity contribution >= 4 is 11.8 Å². The minimum atomic E-state index is -0.299. The number of nitrogens with zero attached hydrogens (tertiary/aromatic N) is 1. The summed E-state index contributed by atoms with van der Waals surface area (Å²) in [6.07, 6.45) is 4.42. The van der Waals surface area contributed by atoms with Crippen LogP contribution in [0.5, 0.6) is 5.75 Å². The average Bonchev–Trinajstić information content (AvgIpc) is 2.64. The summed E-state index contributed by atoms with van der Waals surface area (Å²) >= 11 is 0. The van der Waals surface area contributed by atoms with E-state index in [-0.39, 0.29) is 11.8 Å². The Morgan fingerprint density at radius 1 is 1.12 bits per heavy atom. The molecule has 6 heteroatoms. The summed E-state index contributed by atoms with van der Waals surface area (Å²) in [5.41, 5.74) is 1.60. The normalized spacial score (nSPS) is 9.88. The Hall–Kier alpha value is -3.15. The number of pyridine rings is 1. The molecule has 24 heavy (non-hydrogen) atoms. The minimum absolute atomic E-state index is 0.295. The van der Waals surface area contributed by atoms with E-state index in [9.17, 15) is 9.59 Å². The number of hydrogen-bond acceptors (Lipinski definition) is 4. The maximum atomic E-state index is 12.2. The van der Waals surface area contributed by atoms with E-state index in [0.29, 0.717) is 24.2 Å². The molecule has 124 valence electrons. The van der Waals surface area contributed by atoms with Gasteiger partial charge in [-0.15, -0.1) is 6.58 Å². The molecule has 0 unspecified atom stereocenters. The van der Waals surface area contributed by atoms with Gasteiger partial charge in [-0.1, -0.05) is 18.2 Å². The van der Waals surface area contributed by atoms with Crippen molar-refractivity contribution in [3.8, 4) is 5.75 Å². The maximum absolute atomic E-state index is 12.2. The average molecular weight is 325 g/mol. The summed E-state index contributed by atoms with van der Waals surface area (Å²) in [6, 6.07) is 8.91. The van der Waals surface area contributed by atoms with E-state index >= 15 is 0 Å². The number of benzene rings is 1. The SMILES string of the molecule is C=CCNC(=O)c1cncc(C(=O)NCc2ccc(OC)cc2)c1. The first-order valence-electron chi connectivity index (χ1n) is 7.39. The van der Waals surface area contributed by atoms with Crippen LogP contribution in [0, 0.1) is 0 Å². The van der Waals surface area contributed by atoms with Crippen LogP contribution in [0.3, 0.4) is 0 Å². The van der Waals surface area contributed by atoms with E-state index in [1.54, 1.807) is 13.2 Å². The van der Waals surface area contributed by atoms with Crippen LogP contribution in [0.2, 0.25) is 0 Å². The fourth-order valence-corrected chi connectivity index (χ4v) is 1.98. The lowest BCUT2D eigenvalue weighted by Crippen LogP contribution is -2.26. The second-order valence-electron chi connectivity index (χ2n) is 4.99. The number of methoxy groups -OCH3 is 1. The summed E-state index contributed by atoms with van der Waals surface area (Å²) in [4.78, 5) is 28.0. The number of hydrogen-bond donors (Lipinski definition) is 2. The monoisotopic (exact) mass is 325 g/mol. The van der Waals surface area contributed by atoms with Gasteiger partial charge in [0.2, 0.25) is 0 Å². The van der Waals surface area contributed by atoms with Gasteiger partial charge in [0.1, 0.15) is 5.75 Å². The van der Waals surface area contributed by atoms with Gasteiger partial charge in [0.05, 0.1) is 18.2 Å². The summed E-state index contributed by atoms with van der Waals surface area (Å²) < 4.78 is 5.09. The van der Waals surface area contributed by atoms with Crippen molar-refractivity contribution in [2.75, 3.05) is 13.7 Å². The zero-order chi connectivity index (χ0) is 17.4. The lowest BCUT2D eigenvalue weighted by Gasteiger charge is -2.07. The Kier molecular flexibility index (Phi) is 6.08. The van der Waals surface area contributed by atoms with Gasteiger partial charge in [0, 0.05) is 25.5 Å². The predicted octanol–water partition coefficient (Wildman–Crippen LogP) is 1.94. The Morgan fingerprint density at radius 3 is 2.33 bits per heavy atom. The van der Waals surface area contributed by atoms with E-state index in [0.717, 1.165) is 11.3 Å². The Labute approximate surface area is 140 Å². The summed E-state index contributed by atoms with van der Waals surface area (Å²) in [5.74, 6) is 0.163. The third-order valence-electron chi connectivity index (χ3n) is 3.28. The largest absolute Gasteiger partial charge is 0.497 e. The first-order chi connectivity index (χ1) is 11.6. The summed E-state index contributed by atoms with van der Waals surface area (Å²) in [6.45, 7) is 4.26. The number of amides is 2. The number of nitrogens with one attached hydrogen (secondary N) is 2. The van der Waals surface area contributed by atoms with E-state index in [1.165, 1.54) is 18.5 Å². The molecule has 0 saturated heterocycles. The highest BCUT2D eigenvalue weighted by molar-refractivity contribution is 5.99. The van der Waals surface area contributed by atoms with Crippen molar-refractivity contribution in [3.63, 3.8) is 0 Å². The molecule has 1 aromatic heterocycles. The molecule has 0 aliphatic carbocycles. The van der Waals surface area contributed by atoms with Crippen LogP contribution < -0.4 is 15.4 Å². The third kappa shape index (κ3) is 4.67. The van der Waals surface area contributed by atoms with Gasteiger partial charge in [0.25, 0.3) is 11.8 Å². The first kappa shape index (κ1) is 17.2. The van der Waals surface area contributed by atoms with Crippen molar-refractivity contribution in [3.05, 3.63) is 72.1 Å². The molecule has 0 radical (unpaired) electrons. The van der Waals surface area contributed by atoms with Gasteiger partial charge in [0.15, 0.2) is 0 Å². The fourth-order valence-electron chi connectivity index (χ4n) is 1.98. The molecule has 0 atom stereocenters. The molecule has 0 aliphatic heterocycles. The number of ether oxygens (including phenoxy) is 1. The van der Waals surface area contributed by atoms with Gasteiger partial charge >= 0.3 is 0 Å². The molecule has 2 amide bonds. The van der Waals surface area contributed by atoms with Gasteiger partial charge in [-0.25, -0.2) is 0 Å². The molecule has 0 fully saturated rings. The number of carbonyl (C=O) groups excluding carboxylic acids is 2. The maximum Gasteiger partial charge on any atom is 0.253 e. The lowest BCUT2D eigenvalue weighted by molar-refractivity contribution is 0.0950. The lowest BCUT2D eigenvalue weighted by atomic mass is 10.1. The smallest absolute Gasteiger partial charge is 0.253 e. The standard InChI is InChI=1S/C18H19N3O3/c1-3-8-20-17(22)14-9-15(12-19-11-14)18(23)21-10-13-4-6-16(24-2)7-5-13/h3-7,9,11-12H,1,8,10H2,2H3,(H,20,22)(H,21,23). The van der Waals surface area contributed by atoms with Crippen LogP contribution >= 0.6 is 0 Å². The molecular weight excluding hydrogens is 306 g/mol. The van der Waals surface area contributed by atoms with Crippen molar-refractivity contribution in [1.29, 1.82) is 0 Å². The topological polar surface area (TPSA) is 80.3 Å². The zero-order valence-corrected chi connectivity index (χ0v) is 13.4. The molecule has 6 nitrogen and oxygen atoms in total. The molecule has 0 aliphatic rings. The molecule has 1 aromatic carbocycles. The van der Waals surface area contributed by atoms with Crippen LogP contribution in [-0.2, 0) is 6.54 Å². The van der Waals surface area contributed by atoms with E-state index in [1.807, 2.05) is 24.3 Å². The summed E-state index contributed by atoms with van der Waals surface area (Å²) in [7, 11) is 1.60. The van der Waals surface area contributed by atoms with E-state index < -0.39 is 0 Å². The highest BCUT2D eigenvalue weighted by atomic mass is 16.5. The molecule has 0 bridgehead atoms. The van der Waals surface area contributed by atoms with Crippen molar-refractivity contribution in [2.45, 2.75) is 6.54 Å². The number of carbonyl (C=O) groups is 2. The molecule has 0 spiro atoms. The predicted molar refractivity (Wildman–Crippen MR) is 90.9 cm³/mol. The first-order valence-corrected chi connectivity index (χ1v) is 7.39. The Bertz CT molecular complexity index is 727.